The van der Waals surface area contributed by atoms with Crippen LogP contribution in [0.1, 0.15) is 18.9 Å². The summed E-state index contributed by atoms with van der Waals surface area (Å²) in [7, 11) is 1.88. The highest BCUT2D eigenvalue weighted by Crippen LogP contribution is 2.09. The van der Waals surface area contributed by atoms with Crippen LogP contribution in [0.15, 0.2) is 24.2 Å². The lowest BCUT2D eigenvalue weighted by molar-refractivity contribution is -0.425. The predicted molar refractivity (Wildman–Crippen MR) is 50.7 cm³/mol. The largest absolute Gasteiger partial charge is 0.357 e. The summed E-state index contributed by atoms with van der Waals surface area (Å²) in [5.41, 5.74) is 1.11. The number of nitro groups is 1. The second kappa shape index (κ2) is 3.89. The molecule has 1 aromatic heterocycles. The molecule has 0 aromatic carbocycles. The Balaban J connectivity index is 2.91. The Bertz CT molecular complexity index is 339. The summed E-state index contributed by atoms with van der Waals surface area (Å²) in [5, 5.41) is 10.5. The molecule has 1 heterocycles. The van der Waals surface area contributed by atoms with Crippen molar-refractivity contribution in [3.63, 3.8) is 0 Å². The summed E-state index contributed by atoms with van der Waals surface area (Å²) in [6.07, 6.45) is 5.75. The third kappa shape index (κ3) is 2.43. The van der Waals surface area contributed by atoms with Gasteiger partial charge in [-0.15, -0.1) is 0 Å². The van der Waals surface area contributed by atoms with Gasteiger partial charge in [0.25, 0.3) is 0 Å². The van der Waals surface area contributed by atoms with E-state index >= 15 is 0 Å². The molecule has 1 aromatic rings. The Morgan fingerprint density at radius 3 is 2.85 bits per heavy atom. The highest BCUT2D eigenvalue weighted by Gasteiger charge is 2.06. The van der Waals surface area contributed by atoms with Crippen molar-refractivity contribution in [2.24, 2.45) is 7.05 Å². The molecule has 0 saturated carbocycles. The summed E-state index contributed by atoms with van der Waals surface area (Å²) in [5.74, 6) is 0. The lowest BCUT2D eigenvalue weighted by atomic mass is 10.2. The van der Waals surface area contributed by atoms with Crippen molar-refractivity contribution in [1.29, 1.82) is 0 Å². The van der Waals surface area contributed by atoms with Crippen LogP contribution in [0.5, 0.6) is 0 Å². The van der Waals surface area contributed by atoms with Crippen LogP contribution >= 0.6 is 0 Å². The number of rotatable bonds is 3. The highest BCUT2D eigenvalue weighted by atomic mass is 16.6. The van der Waals surface area contributed by atoms with Crippen LogP contribution < -0.4 is 0 Å². The van der Waals surface area contributed by atoms with Crippen LogP contribution in [0, 0.1) is 10.1 Å². The fourth-order valence-electron chi connectivity index (χ4n) is 1.09. The molecule has 0 fully saturated rings. The van der Waals surface area contributed by atoms with Gasteiger partial charge in [-0.2, -0.15) is 0 Å². The molecule has 0 saturated heterocycles. The van der Waals surface area contributed by atoms with E-state index in [1.54, 1.807) is 13.0 Å². The fourth-order valence-corrected chi connectivity index (χ4v) is 1.09. The number of hydrogen-bond acceptors (Lipinski definition) is 2. The maximum absolute atomic E-state index is 10.5. The highest BCUT2D eigenvalue weighted by molar-refractivity contribution is 5.49. The number of nitrogens with zero attached hydrogens (tertiary/aromatic N) is 2. The van der Waals surface area contributed by atoms with E-state index in [-0.39, 0.29) is 10.6 Å². The Morgan fingerprint density at radius 1 is 1.77 bits per heavy atom. The lowest BCUT2D eigenvalue weighted by Gasteiger charge is -1.91. The van der Waals surface area contributed by atoms with Crippen molar-refractivity contribution in [3.8, 4) is 0 Å². The zero-order valence-corrected chi connectivity index (χ0v) is 7.73. The molecule has 4 heteroatoms. The van der Waals surface area contributed by atoms with Gasteiger partial charge in [-0.1, -0.05) is 6.92 Å². The van der Waals surface area contributed by atoms with E-state index in [1.165, 1.54) is 0 Å². The van der Waals surface area contributed by atoms with Gasteiger partial charge in [-0.05, 0) is 11.6 Å². The van der Waals surface area contributed by atoms with Crippen LogP contribution in [0.2, 0.25) is 0 Å². The predicted octanol–water partition coefficient (Wildman–Crippen LogP) is 2.05. The summed E-state index contributed by atoms with van der Waals surface area (Å²) in [6.45, 7) is 1.78. The van der Waals surface area contributed by atoms with Crippen LogP contribution in [0.25, 0.3) is 6.08 Å². The Morgan fingerprint density at radius 2 is 2.46 bits per heavy atom. The average Bonchev–Trinajstić information content (AvgIpc) is 2.46. The molecule has 0 N–H and O–H groups in total. The first kappa shape index (κ1) is 9.51. The number of hydrogen-bond donors (Lipinski definition) is 0. The Kier molecular flexibility index (Phi) is 2.84. The zero-order chi connectivity index (χ0) is 9.84. The van der Waals surface area contributed by atoms with E-state index in [1.807, 2.05) is 30.1 Å². The van der Waals surface area contributed by atoms with E-state index in [4.69, 9.17) is 0 Å². The molecule has 0 aliphatic heterocycles. The summed E-state index contributed by atoms with van der Waals surface area (Å²) >= 11 is 0. The third-order valence-electron chi connectivity index (χ3n) is 1.78. The summed E-state index contributed by atoms with van der Waals surface area (Å²) < 4.78 is 1.86. The molecule has 0 amide bonds. The minimum absolute atomic E-state index is 0.242. The van der Waals surface area contributed by atoms with Gasteiger partial charge >= 0.3 is 0 Å². The minimum Gasteiger partial charge on any atom is -0.357 e. The van der Waals surface area contributed by atoms with E-state index in [2.05, 4.69) is 0 Å². The Hall–Kier alpha value is -1.58. The summed E-state index contributed by atoms with van der Waals surface area (Å²) in [6, 6.07) is 1.85. The molecule has 0 bridgehead atoms. The number of allylic oxidation sites excluding steroid dienone is 1. The van der Waals surface area contributed by atoms with E-state index in [0.717, 1.165) is 5.56 Å². The van der Waals surface area contributed by atoms with Gasteiger partial charge in [0.05, 0.1) is 4.92 Å². The third-order valence-corrected chi connectivity index (χ3v) is 1.78. The zero-order valence-electron chi connectivity index (χ0n) is 7.73. The van der Waals surface area contributed by atoms with Crippen molar-refractivity contribution in [3.05, 3.63) is 39.8 Å². The molecular formula is C9H12N2O2. The second-order valence-corrected chi connectivity index (χ2v) is 2.86. The number of aromatic nitrogens is 1. The lowest BCUT2D eigenvalue weighted by Crippen LogP contribution is -1.96. The molecule has 0 radical (unpaired) electrons. The molecule has 0 spiro atoms. The molecule has 0 aliphatic rings. The van der Waals surface area contributed by atoms with E-state index < -0.39 is 0 Å². The average molecular weight is 180 g/mol. The van der Waals surface area contributed by atoms with Crippen LogP contribution in [-0.2, 0) is 7.05 Å². The van der Waals surface area contributed by atoms with Gasteiger partial charge in [-0.3, -0.25) is 10.1 Å². The molecule has 13 heavy (non-hydrogen) atoms. The van der Waals surface area contributed by atoms with E-state index in [0.29, 0.717) is 6.42 Å². The maximum atomic E-state index is 10.5. The first-order valence-corrected chi connectivity index (χ1v) is 4.10. The van der Waals surface area contributed by atoms with Crippen LogP contribution in [-0.4, -0.2) is 9.49 Å². The molecule has 0 atom stereocenters. The number of aryl methyl sites for hydroxylation is 1. The van der Waals surface area contributed by atoms with Gasteiger partial charge in [0.1, 0.15) is 0 Å². The van der Waals surface area contributed by atoms with Gasteiger partial charge in [0.15, 0.2) is 0 Å². The smallest absolute Gasteiger partial charge is 0.246 e. The van der Waals surface area contributed by atoms with Crippen molar-refractivity contribution in [2.75, 3.05) is 0 Å². The maximum Gasteiger partial charge on any atom is 0.246 e. The van der Waals surface area contributed by atoms with E-state index in [9.17, 15) is 10.1 Å². The van der Waals surface area contributed by atoms with Gasteiger partial charge in [-0.25, -0.2) is 0 Å². The molecule has 4 nitrogen and oxygen atoms in total. The Labute approximate surface area is 76.6 Å². The van der Waals surface area contributed by atoms with Crippen LogP contribution in [0.3, 0.4) is 0 Å². The normalized spacial score (nSPS) is 11.7. The second-order valence-electron chi connectivity index (χ2n) is 2.86. The monoisotopic (exact) mass is 180 g/mol. The van der Waals surface area contributed by atoms with Crippen molar-refractivity contribution in [1.82, 2.24) is 4.57 Å². The van der Waals surface area contributed by atoms with Crippen molar-refractivity contribution in [2.45, 2.75) is 13.3 Å². The van der Waals surface area contributed by atoms with Crippen molar-refractivity contribution < 1.29 is 4.92 Å². The molecule has 1 rings (SSSR count). The first-order valence-electron chi connectivity index (χ1n) is 4.10. The summed E-state index contributed by atoms with van der Waals surface area (Å²) in [4.78, 5) is 10.1. The first-order chi connectivity index (χ1) is 6.13. The standard InChI is InChI=1S/C9H12N2O2/c1-3-9(11(12)13)6-8-4-5-10(2)7-8/h4-7H,3H2,1-2H3. The quantitative estimate of drug-likeness (QED) is 0.528. The molecular weight excluding hydrogens is 168 g/mol. The van der Waals surface area contributed by atoms with Gasteiger partial charge in [0, 0.05) is 31.9 Å². The van der Waals surface area contributed by atoms with Crippen LogP contribution in [0.4, 0.5) is 0 Å². The SMILES string of the molecule is CCC(=Cc1ccn(C)c1)[N+](=O)[O-]. The minimum atomic E-state index is -0.340. The fraction of sp³-hybridized carbons (Fsp3) is 0.333. The van der Waals surface area contributed by atoms with Gasteiger partial charge < -0.3 is 4.57 Å². The molecule has 70 valence electrons. The molecule has 0 unspecified atom stereocenters. The van der Waals surface area contributed by atoms with Gasteiger partial charge in [0.2, 0.25) is 5.70 Å². The van der Waals surface area contributed by atoms with Crippen molar-refractivity contribution >= 4 is 6.08 Å². The molecule has 0 aliphatic carbocycles. The topological polar surface area (TPSA) is 48.1 Å².